The van der Waals surface area contributed by atoms with Gasteiger partial charge in [0.2, 0.25) is 0 Å². The van der Waals surface area contributed by atoms with Crippen LogP contribution < -0.4 is 0 Å². The lowest BCUT2D eigenvalue weighted by atomic mass is 10.0. The van der Waals surface area contributed by atoms with E-state index < -0.39 is 11.2 Å². The van der Waals surface area contributed by atoms with Crippen molar-refractivity contribution in [3.63, 3.8) is 0 Å². The molecule has 100 valence electrons. The van der Waals surface area contributed by atoms with Crippen LogP contribution in [0.5, 0.6) is 0 Å². The molecule has 2 rings (SSSR count). The first-order valence-corrected chi connectivity index (χ1v) is 8.70. The second-order valence-corrected chi connectivity index (χ2v) is 7.18. The Morgan fingerprint density at radius 1 is 0.882 bits per heavy atom. The van der Waals surface area contributed by atoms with Crippen molar-refractivity contribution in [2.75, 3.05) is 23.0 Å². The fourth-order valence-corrected chi connectivity index (χ4v) is 4.76. The van der Waals surface area contributed by atoms with Crippen LogP contribution in [-0.2, 0) is 0 Å². The molecule has 2 nitrogen and oxygen atoms in total. The summed E-state index contributed by atoms with van der Waals surface area (Å²) in [7, 11) is 0. The average molecular weight is 295 g/mol. The third-order valence-corrected chi connectivity index (χ3v) is 6.43. The summed E-state index contributed by atoms with van der Waals surface area (Å²) in [4.78, 5) is 0. The van der Waals surface area contributed by atoms with Crippen LogP contribution in [-0.4, -0.2) is 44.4 Å². The summed E-state index contributed by atoms with van der Waals surface area (Å²) in [6.45, 7) is 0. The van der Waals surface area contributed by atoms with Gasteiger partial charge in [-0.1, -0.05) is 0 Å². The van der Waals surface area contributed by atoms with Gasteiger partial charge in [0.05, 0.1) is 11.2 Å². The Morgan fingerprint density at radius 2 is 1.24 bits per heavy atom. The van der Waals surface area contributed by atoms with Crippen molar-refractivity contribution in [2.45, 2.75) is 36.9 Å². The number of aliphatic hydroxyl groups is 2. The fraction of sp³-hybridized carbons (Fsp3) is 1.00. The summed E-state index contributed by atoms with van der Waals surface area (Å²) in [5.74, 6) is 3.27. The highest BCUT2D eigenvalue weighted by Gasteiger charge is 2.45. The fourth-order valence-electron chi connectivity index (χ4n) is 2.23. The summed E-state index contributed by atoms with van der Waals surface area (Å²) in [6.07, 6.45) is 4.49. The smallest absolute Gasteiger partial charge is 0.0853 e. The number of thioether (sulfide) groups is 1. The highest BCUT2D eigenvalue weighted by Crippen LogP contribution is 2.45. The van der Waals surface area contributed by atoms with Gasteiger partial charge in [0.15, 0.2) is 0 Å². The molecule has 2 fully saturated rings. The van der Waals surface area contributed by atoms with Crippen molar-refractivity contribution >= 4 is 37.0 Å². The van der Waals surface area contributed by atoms with Gasteiger partial charge in [-0.05, 0) is 37.5 Å². The number of rotatable bonds is 8. The zero-order valence-corrected chi connectivity index (χ0v) is 12.6. The third-order valence-electron chi connectivity index (χ3n) is 3.93. The molecule has 2 N–H and O–H groups in total. The number of thiol groups is 2. The van der Waals surface area contributed by atoms with Crippen molar-refractivity contribution in [1.82, 2.24) is 0 Å². The lowest BCUT2D eigenvalue weighted by Gasteiger charge is -2.30. The molecule has 0 aromatic rings. The minimum atomic E-state index is -0.630. The molecule has 0 aromatic carbocycles. The van der Waals surface area contributed by atoms with E-state index in [1.54, 1.807) is 11.8 Å². The molecule has 2 unspecified atom stereocenters. The molecule has 2 aliphatic carbocycles. The van der Waals surface area contributed by atoms with Crippen LogP contribution in [0.2, 0.25) is 0 Å². The van der Waals surface area contributed by atoms with Gasteiger partial charge < -0.3 is 10.2 Å². The van der Waals surface area contributed by atoms with Gasteiger partial charge in [-0.2, -0.15) is 37.0 Å². The summed E-state index contributed by atoms with van der Waals surface area (Å²) in [5.41, 5.74) is -1.26. The first-order valence-electron chi connectivity index (χ1n) is 6.28. The molecule has 0 aliphatic heterocycles. The minimum absolute atomic E-state index is 0.428. The normalized spacial score (nSPS) is 27.5. The van der Waals surface area contributed by atoms with Crippen LogP contribution in [0.15, 0.2) is 0 Å². The lowest BCUT2D eigenvalue weighted by molar-refractivity contribution is 0.0619. The zero-order chi connectivity index (χ0) is 12.5. The highest BCUT2D eigenvalue weighted by atomic mass is 32.2. The van der Waals surface area contributed by atoms with E-state index in [1.807, 2.05) is 0 Å². The monoisotopic (exact) mass is 294 g/mol. The number of hydrogen-bond acceptors (Lipinski definition) is 5. The molecule has 2 saturated carbocycles. The van der Waals surface area contributed by atoms with Gasteiger partial charge in [-0.15, -0.1) is 0 Å². The van der Waals surface area contributed by atoms with Crippen LogP contribution in [0.4, 0.5) is 0 Å². The van der Waals surface area contributed by atoms with Gasteiger partial charge in [-0.3, -0.25) is 0 Å². The maximum absolute atomic E-state index is 10.4. The second-order valence-electron chi connectivity index (χ2n) is 5.56. The van der Waals surface area contributed by atoms with E-state index in [4.69, 9.17) is 0 Å². The minimum Gasteiger partial charge on any atom is -0.388 e. The van der Waals surface area contributed by atoms with E-state index in [0.717, 1.165) is 25.7 Å². The molecule has 2 aliphatic rings. The molecule has 5 heteroatoms. The maximum Gasteiger partial charge on any atom is 0.0853 e. The third kappa shape index (κ3) is 3.50. The van der Waals surface area contributed by atoms with E-state index in [0.29, 0.717) is 34.8 Å². The van der Waals surface area contributed by atoms with Gasteiger partial charge >= 0.3 is 0 Å². The predicted octanol–water partition coefficient (Wildman–Crippen LogP) is 1.86. The molecule has 0 aromatic heterocycles. The van der Waals surface area contributed by atoms with Gasteiger partial charge in [0.1, 0.15) is 0 Å². The summed E-state index contributed by atoms with van der Waals surface area (Å²) in [5, 5.41) is 20.8. The SMILES string of the molecule is OC(CS)(CSCC(O)(CS)C1CC1)C1CC1. The Balaban J connectivity index is 1.77. The standard InChI is InChI=1S/C12H22O2S3/c13-11(5-15,9-1-2-9)7-17-8-12(14,6-16)10-3-4-10/h9-10,13-16H,1-8H2. The highest BCUT2D eigenvalue weighted by molar-refractivity contribution is 7.99. The average Bonchev–Trinajstić information content (AvgIpc) is 3.20. The van der Waals surface area contributed by atoms with Gasteiger partial charge in [0, 0.05) is 23.0 Å². The topological polar surface area (TPSA) is 40.5 Å². The lowest BCUT2D eigenvalue weighted by Crippen LogP contribution is -2.40. The van der Waals surface area contributed by atoms with E-state index >= 15 is 0 Å². The second kappa shape index (κ2) is 5.53. The zero-order valence-electron chi connectivity index (χ0n) is 10.0. The van der Waals surface area contributed by atoms with Gasteiger partial charge in [-0.25, -0.2) is 0 Å². The Kier molecular flexibility index (Phi) is 4.68. The largest absolute Gasteiger partial charge is 0.388 e. The van der Waals surface area contributed by atoms with E-state index in [-0.39, 0.29) is 0 Å². The molecular formula is C12H22O2S3. The quantitative estimate of drug-likeness (QED) is 0.517. The molecular weight excluding hydrogens is 272 g/mol. The maximum atomic E-state index is 10.4. The summed E-state index contributed by atoms with van der Waals surface area (Å²) < 4.78 is 0. The first-order chi connectivity index (χ1) is 8.04. The Hall–Kier alpha value is 0.970. The van der Waals surface area contributed by atoms with E-state index in [9.17, 15) is 10.2 Å². The van der Waals surface area contributed by atoms with Gasteiger partial charge in [0.25, 0.3) is 0 Å². The molecule has 0 spiro atoms. The molecule has 17 heavy (non-hydrogen) atoms. The predicted molar refractivity (Wildman–Crippen MR) is 80.4 cm³/mol. The summed E-state index contributed by atoms with van der Waals surface area (Å²) in [6, 6.07) is 0. The van der Waals surface area contributed by atoms with Crippen molar-refractivity contribution in [2.24, 2.45) is 11.8 Å². The molecule has 2 atom stereocenters. The molecule has 0 heterocycles. The molecule has 0 radical (unpaired) electrons. The van der Waals surface area contributed by atoms with Crippen molar-refractivity contribution < 1.29 is 10.2 Å². The van der Waals surface area contributed by atoms with Crippen molar-refractivity contribution in [3.8, 4) is 0 Å². The van der Waals surface area contributed by atoms with Crippen LogP contribution in [0.1, 0.15) is 25.7 Å². The first kappa shape index (κ1) is 14.4. The molecule has 0 bridgehead atoms. The Morgan fingerprint density at radius 3 is 1.47 bits per heavy atom. The van der Waals surface area contributed by atoms with Crippen LogP contribution in [0.3, 0.4) is 0 Å². The van der Waals surface area contributed by atoms with Crippen LogP contribution in [0.25, 0.3) is 0 Å². The molecule has 0 saturated heterocycles. The molecule has 0 amide bonds. The van der Waals surface area contributed by atoms with E-state index in [1.165, 1.54) is 0 Å². The number of hydrogen-bond donors (Lipinski definition) is 4. The Bertz CT molecular complexity index is 242. The van der Waals surface area contributed by atoms with E-state index in [2.05, 4.69) is 25.3 Å². The van der Waals surface area contributed by atoms with Crippen LogP contribution >= 0.6 is 37.0 Å². The van der Waals surface area contributed by atoms with Crippen molar-refractivity contribution in [3.05, 3.63) is 0 Å². The van der Waals surface area contributed by atoms with Crippen LogP contribution in [0, 0.1) is 11.8 Å². The Labute approximate surface area is 119 Å². The summed E-state index contributed by atoms with van der Waals surface area (Å²) >= 11 is 10.2. The van der Waals surface area contributed by atoms with Crippen molar-refractivity contribution in [1.29, 1.82) is 0 Å².